The van der Waals surface area contributed by atoms with Crippen molar-refractivity contribution in [2.45, 2.75) is 51.3 Å². The molecular weight excluding hydrogens is 442 g/mol. The second-order valence-corrected chi connectivity index (χ2v) is 9.05. The minimum atomic E-state index is -0.271. The fourth-order valence-electron chi connectivity index (χ4n) is 4.61. The van der Waals surface area contributed by atoms with Crippen molar-refractivity contribution in [2.75, 3.05) is 0 Å². The number of aromatic nitrogens is 2. The van der Waals surface area contributed by atoms with Crippen LogP contribution in [0.2, 0.25) is 0 Å². The molecule has 1 saturated heterocycles. The summed E-state index contributed by atoms with van der Waals surface area (Å²) in [4.78, 5) is 23.3. The molecule has 0 radical (unpaired) electrons. The Morgan fingerprint density at radius 2 is 2.03 bits per heavy atom. The molecule has 2 atom stereocenters. The van der Waals surface area contributed by atoms with Crippen LogP contribution in [0.1, 0.15) is 48.5 Å². The maximum absolute atomic E-state index is 12.9. The quantitative estimate of drug-likeness (QED) is 0.531. The lowest BCUT2D eigenvalue weighted by Crippen LogP contribution is -2.36. The van der Waals surface area contributed by atoms with Gasteiger partial charge in [0.25, 0.3) is 0 Å². The molecular formula is C24H24BrN3O2. The van der Waals surface area contributed by atoms with Crippen molar-refractivity contribution in [1.82, 2.24) is 14.9 Å². The number of aryl methyl sites for hydroxylation is 2. The van der Waals surface area contributed by atoms with Gasteiger partial charge in [-0.3, -0.25) is 4.90 Å². The van der Waals surface area contributed by atoms with E-state index in [0.29, 0.717) is 0 Å². The number of nitrogens with one attached hydrogen (secondary N) is 1. The van der Waals surface area contributed by atoms with E-state index in [2.05, 4.69) is 46.0 Å². The van der Waals surface area contributed by atoms with E-state index in [4.69, 9.17) is 9.72 Å². The molecule has 0 saturated carbocycles. The number of hydrogen-bond acceptors (Lipinski definition) is 3. The first kappa shape index (κ1) is 19.4. The molecule has 6 heteroatoms. The summed E-state index contributed by atoms with van der Waals surface area (Å²) in [7, 11) is 0. The van der Waals surface area contributed by atoms with E-state index in [1.807, 2.05) is 35.2 Å². The monoisotopic (exact) mass is 465 g/mol. The molecule has 1 aromatic heterocycles. The maximum atomic E-state index is 12.9. The van der Waals surface area contributed by atoms with Gasteiger partial charge in [0.15, 0.2) is 0 Å². The predicted molar refractivity (Wildman–Crippen MR) is 119 cm³/mol. The number of fused-ring (bicyclic) bond motifs is 3. The zero-order valence-electron chi connectivity index (χ0n) is 16.9. The summed E-state index contributed by atoms with van der Waals surface area (Å²) in [6.45, 7) is 2.37. The fourth-order valence-corrected chi connectivity index (χ4v) is 5.02. The topological polar surface area (TPSA) is 58.2 Å². The normalized spacial score (nSPS) is 20.0. The molecule has 0 bridgehead atoms. The van der Waals surface area contributed by atoms with Crippen LogP contribution in [0.15, 0.2) is 53.0 Å². The lowest BCUT2D eigenvalue weighted by molar-refractivity contribution is 0.0794. The summed E-state index contributed by atoms with van der Waals surface area (Å²) < 4.78 is 6.74. The molecule has 1 aliphatic carbocycles. The SMILES string of the molecule is C[C@@H]1CC[C@@H](c2nc3c([nH]2)-c2ccc(Br)cc2CC3)N1C(=O)OCc1ccccc1. The van der Waals surface area contributed by atoms with Crippen LogP contribution >= 0.6 is 15.9 Å². The number of imidazole rings is 1. The smallest absolute Gasteiger partial charge is 0.410 e. The van der Waals surface area contributed by atoms with Crippen LogP contribution in [0, 0.1) is 0 Å². The zero-order valence-corrected chi connectivity index (χ0v) is 18.5. The highest BCUT2D eigenvalue weighted by molar-refractivity contribution is 9.10. The number of halogens is 1. The van der Waals surface area contributed by atoms with Crippen LogP contribution in [-0.4, -0.2) is 27.0 Å². The van der Waals surface area contributed by atoms with Crippen molar-refractivity contribution in [3.8, 4) is 11.3 Å². The minimum Gasteiger partial charge on any atom is -0.445 e. The third kappa shape index (κ3) is 3.54. The Balaban J connectivity index is 1.38. The molecule has 1 N–H and O–H groups in total. The van der Waals surface area contributed by atoms with Crippen molar-refractivity contribution in [2.24, 2.45) is 0 Å². The maximum Gasteiger partial charge on any atom is 0.410 e. The number of ether oxygens (including phenoxy) is 1. The number of nitrogens with zero attached hydrogens (tertiary/aromatic N) is 2. The van der Waals surface area contributed by atoms with E-state index in [9.17, 15) is 4.79 Å². The van der Waals surface area contributed by atoms with Gasteiger partial charge < -0.3 is 9.72 Å². The molecule has 0 spiro atoms. The van der Waals surface area contributed by atoms with Gasteiger partial charge in [-0.1, -0.05) is 52.3 Å². The Bertz CT molecular complexity index is 1080. The van der Waals surface area contributed by atoms with Gasteiger partial charge >= 0.3 is 6.09 Å². The van der Waals surface area contributed by atoms with Gasteiger partial charge in [-0.05, 0) is 55.9 Å². The van der Waals surface area contributed by atoms with Gasteiger partial charge in [-0.25, -0.2) is 9.78 Å². The first-order chi connectivity index (χ1) is 14.6. The third-order valence-corrected chi connectivity index (χ3v) is 6.66. The van der Waals surface area contributed by atoms with Gasteiger partial charge in [0.05, 0.1) is 17.4 Å². The highest BCUT2D eigenvalue weighted by Crippen LogP contribution is 2.39. The van der Waals surface area contributed by atoms with Gasteiger partial charge in [-0.15, -0.1) is 0 Å². The Labute approximate surface area is 184 Å². The number of rotatable bonds is 3. The van der Waals surface area contributed by atoms with Crippen molar-refractivity contribution in [3.63, 3.8) is 0 Å². The highest BCUT2D eigenvalue weighted by atomic mass is 79.9. The Hall–Kier alpha value is -2.60. The predicted octanol–water partition coefficient (Wildman–Crippen LogP) is 5.80. The van der Waals surface area contributed by atoms with Gasteiger partial charge in [0.1, 0.15) is 12.4 Å². The number of hydrogen-bond donors (Lipinski definition) is 1. The number of carbonyl (C=O) groups is 1. The molecule has 2 aliphatic rings. The first-order valence-electron chi connectivity index (χ1n) is 10.5. The van der Waals surface area contributed by atoms with Crippen LogP contribution in [-0.2, 0) is 24.2 Å². The van der Waals surface area contributed by atoms with Crippen molar-refractivity contribution in [3.05, 3.63) is 75.6 Å². The van der Waals surface area contributed by atoms with Crippen LogP contribution in [0.3, 0.4) is 0 Å². The molecule has 0 unspecified atom stereocenters. The second-order valence-electron chi connectivity index (χ2n) is 8.13. The van der Waals surface area contributed by atoms with Gasteiger partial charge in [0, 0.05) is 16.1 Å². The zero-order chi connectivity index (χ0) is 20.7. The summed E-state index contributed by atoms with van der Waals surface area (Å²) in [5.74, 6) is 0.872. The largest absolute Gasteiger partial charge is 0.445 e. The molecule has 1 aliphatic heterocycles. The molecule has 5 rings (SSSR count). The van der Waals surface area contributed by atoms with Crippen LogP contribution in [0.4, 0.5) is 4.79 Å². The van der Waals surface area contributed by atoms with Crippen molar-refractivity contribution < 1.29 is 9.53 Å². The molecule has 30 heavy (non-hydrogen) atoms. The minimum absolute atomic E-state index is 0.0761. The number of H-pyrrole nitrogens is 1. The summed E-state index contributed by atoms with van der Waals surface area (Å²) in [6, 6.07) is 16.2. The molecule has 3 aromatic rings. The van der Waals surface area contributed by atoms with E-state index in [1.165, 1.54) is 11.1 Å². The molecule has 2 heterocycles. The van der Waals surface area contributed by atoms with E-state index in [-0.39, 0.29) is 24.8 Å². The number of carbonyl (C=O) groups excluding carboxylic acids is 1. The lowest BCUT2D eigenvalue weighted by Gasteiger charge is -2.26. The molecule has 154 valence electrons. The number of likely N-dealkylation sites (tertiary alicyclic amines) is 1. The van der Waals surface area contributed by atoms with E-state index in [1.54, 1.807) is 0 Å². The number of aromatic amines is 1. The van der Waals surface area contributed by atoms with Crippen molar-refractivity contribution >= 4 is 22.0 Å². The lowest BCUT2D eigenvalue weighted by atomic mass is 9.92. The van der Waals surface area contributed by atoms with Crippen LogP contribution in [0.25, 0.3) is 11.3 Å². The third-order valence-electron chi connectivity index (χ3n) is 6.16. The summed E-state index contributed by atoms with van der Waals surface area (Å²) in [5.41, 5.74) is 5.71. The summed E-state index contributed by atoms with van der Waals surface area (Å²) >= 11 is 3.57. The average molecular weight is 466 g/mol. The van der Waals surface area contributed by atoms with Gasteiger partial charge in [-0.2, -0.15) is 0 Å². The Morgan fingerprint density at radius 1 is 1.20 bits per heavy atom. The highest BCUT2D eigenvalue weighted by Gasteiger charge is 2.39. The fraction of sp³-hybridized carbons (Fsp3) is 0.333. The summed E-state index contributed by atoms with van der Waals surface area (Å²) in [6.07, 6.45) is 3.46. The summed E-state index contributed by atoms with van der Waals surface area (Å²) in [5, 5.41) is 0. The molecule has 1 amide bonds. The molecule has 5 nitrogen and oxygen atoms in total. The van der Waals surface area contributed by atoms with E-state index in [0.717, 1.165) is 52.9 Å². The van der Waals surface area contributed by atoms with E-state index < -0.39 is 0 Å². The molecule has 1 fully saturated rings. The molecule has 2 aromatic carbocycles. The average Bonchev–Trinajstić information content (AvgIpc) is 3.36. The van der Waals surface area contributed by atoms with Gasteiger partial charge in [0.2, 0.25) is 0 Å². The Morgan fingerprint density at radius 3 is 2.87 bits per heavy atom. The van der Waals surface area contributed by atoms with Crippen LogP contribution in [0.5, 0.6) is 0 Å². The first-order valence-corrected chi connectivity index (χ1v) is 11.3. The number of benzene rings is 2. The standard InChI is InChI=1S/C24H24BrN3O2/c1-15-7-12-21(28(15)24(29)30-14-16-5-3-2-4-6-16)23-26-20-11-8-17-13-18(25)9-10-19(17)22(20)27-23/h2-6,9-10,13,15,21H,7-8,11-12,14H2,1H3,(H,26,27)/t15-,21+/m1/s1. The number of amides is 1. The Kier molecular flexibility index (Phi) is 5.11. The van der Waals surface area contributed by atoms with Crippen molar-refractivity contribution in [1.29, 1.82) is 0 Å². The second kappa shape index (κ2) is 7.91. The van der Waals surface area contributed by atoms with E-state index >= 15 is 0 Å². The van der Waals surface area contributed by atoms with Crippen LogP contribution < -0.4 is 0 Å².